The summed E-state index contributed by atoms with van der Waals surface area (Å²) >= 11 is 0. The number of hydrogen-bond donors (Lipinski definition) is 2. The molecule has 202 valence electrons. The smallest absolute Gasteiger partial charge is 0.413 e. The second-order valence-electron chi connectivity index (χ2n) is 11.8. The summed E-state index contributed by atoms with van der Waals surface area (Å²) in [5.74, 6) is 0.0693. The maximum atomic E-state index is 13.4. The average Bonchev–Trinajstić information content (AvgIpc) is 3.31. The number of anilines is 1. The fourth-order valence-corrected chi connectivity index (χ4v) is 5.43. The molecule has 1 aromatic rings. The van der Waals surface area contributed by atoms with Gasteiger partial charge in [-0.25, -0.2) is 14.6 Å². The second-order valence-corrected chi connectivity index (χ2v) is 11.8. The highest BCUT2D eigenvalue weighted by atomic mass is 16.6. The van der Waals surface area contributed by atoms with E-state index in [-0.39, 0.29) is 18.5 Å². The molecule has 1 atom stereocenters. The molecule has 4 rings (SSSR count). The van der Waals surface area contributed by atoms with Crippen molar-refractivity contribution < 1.29 is 29.0 Å². The third kappa shape index (κ3) is 5.36. The first-order valence-electron chi connectivity index (χ1n) is 12.8. The second kappa shape index (κ2) is 9.72. The highest BCUT2D eigenvalue weighted by molar-refractivity contribution is 5.94. The molecule has 2 amide bonds. The fourth-order valence-electron chi connectivity index (χ4n) is 5.43. The Morgan fingerprint density at radius 2 is 1.78 bits per heavy atom. The molecule has 1 unspecified atom stereocenters. The zero-order valence-electron chi connectivity index (χ0n) is 22.6. The van der Waals surface area contributed by atoms with Crippen LogP contribution in [0.2, 0.25) is 0 Å². The molecule has 2 fully saturated rings. The van der Waals surface area contributed by atoms with Crippen molar-refractivity contribution in [2.75, 3.05) is 31.6 Å². The number of cyclic esters (lactones) is 1. The molecule has 10 nitrogen and oxygen atoms in total. The Bertz CT molecular complexity index is 1100. The Balaban J connectivity index is 1.37. The molecule has 0 aliphatic carbocycles. The van der Waals surface area contributed by atoms with Crippen LogP contribution in [0.25, 0.3) is 0 Å². The van der Waals surface area contributed by atoms with Gasteiger partial charge in [0.2, 0.25) is 5.91 Å². The predicted molar refractivity (Wildman–Crippen MR) is 136 cm³/mol. The standard InChI is InChI=1S/C27H38N4O6/c1-17-19(16-36-22(17)33)31-14-11-27(23(31)34)9-12-30(13-10-27)26(5,6)21(32)18-7-8-20(28-15-18)29-24(35)37-25(2,3)4/h7-8,15,21,32H,9-14,16H2,1-6H3,(H,28,29,35). The number of ether oxygens (including phenoxy) is 2. The molecule has 37 heavy (non-hydrogen) atoms. The molecule has 3 aliphatic heterocycles. The van der Waals surface area contributed by atoms with Gasteiger partial charge >= 0.3 is 12.1 Å². The highest BCUT2D eigenvalue weighted by Crippen LogP contribution is 2.46. The lowest BCUT2D eigenvalue weighted by atomic mass is 9.75. The average molecular weight is 515 g/mol. The number of nitrogens with zero attached hydrogens (tertiary/aromatic N) is 3. The molecule has 0 aromatic carbocycles. The van der Waals surface area contributed by atoms with Crippen LogP contribution in [0.15, 0.2) is 29.6 Å². The number of esters is 1. The lowest BCUT2D eigenvalue weighted by Gasteiger charge is -2.47. The van der Waals surface area contributed by atoms with Gasteiger partial charge in [-0.1, -0.05) is 6.07 Å². The Kier molecular flexibility index (Phi) is 7.11. The molecule has 3 aliphatic rings. The monoisotopic (exact) mass is 514 g/mol. The molecular weight excluding hydrogens is 476 g/mol. The summed E-state index contributed by atoms with van der Waals surface area (Å²) in [5.41, 5.74) is 0.202. The van der Waals surface area contributed by atoms with Crippen molar-refractivity contribution >= 4 is 23.8 Å². The van der Waals surface area contributed by atoms with Crippen molar-refractivity contribution in [2.45, 2.75) is 78.0 Å². The molecule has 2 N–H and O–H groups in total. The lowest BCUT2D eigenvalue weighted by Crippen LogP contribution is -2.54. The minimum atomic E-state index is -0.824. The number of carbonyl (C=O) groups excluding carboxylic acids is 3. The van der Waals surface area contributed by atoms with Crippen LogP contribution in [-0.2, 0) is 19.1 Å². The molecular formula is C27H38N4O6. The molecule has 4 heterocycles. The topological polar surface area (TPSA) is 121 Å². The van der Waals surface area contributed by atoms with Gasteiger partial charge in [-0.15, -0.1) is 0 Å². The van der Waals surface area contributed by atoms with Gasteiger partial charge in [0.25, 0.3) is 0 Å². The van der Waals surface area contributed by atoms with E-state index in [0.717, 1.165) is 6.42 Å². The number of likely N-dealkylation sites (tertiary alicyclic amines) is 2. The zero-order chi connectivity index (χ0) is 27.2. The van der Waals surface area contributed by atoms with Crippen LogP contribution < -0.4 is 5.32 Å². The van der Waals surface area contributed by atoms with Gasteiger partial charge in [0.05, 0.1) is 22.8 Å². The molecule has 1 aromatic heterocycles. The van der Waals surface area contributed by atoms with Gasteiger partial charge in [0.15, 0.2) is 0 Å². The van der Waals surface area contributed by atoms with E-state index in [1.807, 2.05) is 13.8 Å². The van der Waals surface area contributed by atoms with Gasteiger partial charge in [0.1, 0.15) is 18.0 Å². The summed E-state index contributed by atoms with van der Waals surface area (Å²) in [6.07, 6.45) is 2.28. The van der Waals surface area contributed by atoms with Crippen LogP contribution in [0.5, 0.6) is 0 Å². The van der Waals surface area contributed by atoms with E-state index in [1.165, 1.54) is 0 Å². The minimum absolute atomic E-state index is 0.0791. The van der Waals surface area contributed by atoms with Crippen molar-refractivity contribution in [1.29, 1.82) is 0 Å². The predicted octanol–water partition coefficient (Wildman–Crippen LogP) is 3.39. The van der Waals surface area contributed by atoms with Gasteiger partial charge in [-0.05, 0) is 80.0 Å². The summed E-state index contributed by atoms with van der Waals surface area (Å²) in [4.78, 5) is 45.4. The number of nitrogens with one attached hydrogen (secondary N) is 1. The summed E-state index contributed by atoms with van der Waals surface area (Å²) in [6.45, 7) is 13.1. The van der Waals surface area contributed by atoms with E-state index >= 15 is 0 Å². The summed E-state index contributed by atoms with van der Waals surface area (Å²) in [6, 6.07) is 3.39. The molecule has 10 heteroatoms. The number of rotatable bonds is 5. The first-order chi connectivity index (χ1) is 17.2. The van der Waals surface area contributed by atoms with Crippen LogP contribution in [0, 0.1) is 5.41 Å². The Hall–Kier alpha value is -2.98. The lowest BCUT2D eigenvalue weighted by molar-refractivity contribution is -0.139. The first-order valence-corrected chi connectivity index (χ1v) is 12.8. The number of piperidine rings is 1. The number of pyridine rings is 1. The number of aliphatic hydroxyl groups is 1. The molecule has 0 saturated carbocycles. The molecule has 2 saturated heterocycles. The fraction of sp³-hybridized carbons (Fsp3) is 0.630. The number of carbonyl (C=O) groups is 3. The van der Waals surface area contributed by atoms with E-state index < -0.39 is 28.8 Å². The van der Waals surface area contributed by atoms with Gasteiger partial charge in [-0.3, -0.25) is 15.0 Å². The third-order valence-electron chi connectivity index (χ3n) is 7.85. The first kappa shape index (κ1) is 27.1. The Morgan fingerprint density at radius 3 is 2.32 bits per heavy atom. The Labute approximate surface area is 218 Å². The van der Waals surface area contributed by atoms with Crippen molar-refractivity contribution in [3.05, 3.63) is 35.2 Å². The number of amides is 2. The summed E-state index contributed by atoms with van der Waals surface area (Å²) < 4.78 is 10.4. The maximum absolute atomic E-state index is 13.4. The van der Waals surface area contributed by atoms with E-state index in [9.17, 15) is 19.5 Å². The molecule has 0 bridgehead atoms. The summed E-state index contributed by atoms with van der Waals surface area (Å²) in [7, 11) is 0. The minimum Gasteiger partial charge on any atom is -0.456 e. The maximum Gasteiger partial charge on any atom is 0.413 e. The van der Waals surface area contributed by atoms with Crippen molar-refractivity contribution in [2.24, 2.45) is 5.41 Å². The van der Waals surface area contributed by atoms with Gasteiger partial charge in [0, 0.05) is 23.8 Å². The van der Waals surface area contributed by atoms with Crippen molar-refractivity contribution in [3.63, 3.8) is 0 Å². The Morgan fingerprint density at radius 1 is 1.14 bits per heavy atom. The summed E-state index contributed by atoms with van der Waals surface area (Å²) in [5, 5.41) is 13.9. The normalized spacial score (nSPS) is 21.4. The van der Waals surface area contributed by atoms with E-state index in [1.54, 1.807) is 50.9 Å². The van der Waals surface area contributed by atoms with Crippen LogP contribution in [0.4, 0.5) is 10.6 Å². The quantitative estimate of drug-likeness (QED) is 0.574. The van der Waals surface area contributed by atoms with E-state index in [4.69, 9.17) is 9.47 Å². The van der Waals surface area contributed by atoms with E-state index in [0.29, 0.717) is 55.1 Å². The van der Waals surface area contributed by atoms with Crippen LogP contribution in [-0.4, -0.2) is 75.2 Å². The van der Waals surface area contributed by atoms with Gasteiger partial charge < -0.3 is 19.5 Å². The van der Waals surface area contributed by atoms with Crippen molar-refractivity contribution in [3.8, 4) is 0 Å². The largest absolute Gasteiger partial charge is 0.456 e. The molecule has 1 spiro atoms. The van der Waals surface area contributed by atoms with E-state index in [2.05, 4.69) is 15.2 Å². The third-order valence-corrected chi connectivity index (χ3v) is 7.85. The van der Waals surface area contributed by atoms with Gasteiger partial charge in [-0.2, -0.15) is 0 Å². The van der Waals surface area contributed by atoms with Crippen LogP contribution >= 0.6 is 0 Å². The highest BCUT2D eigenvalue weighted by Gasteiger charge is 2.51. The number of hydrogen-bond acceptors (Lipinski definition) is 8. The SMILES string of the molecule is CC1=C(N2CCC3(CCN(C(C)(C)C(O)c4ccc(NC(=O)OC(C)(C)C)nc4)CC3)C2=O)COC1=O. The molecule has 0 radical (unpaired) electrons. The van der Waals surface area contributed by atoms with Crippen LogP contribution in [0.1, 0.15) is 72.5 Å². The number of aromatic nitrogens is 1. The van der Waals surface area contributed by atoms with Crippen molar-refractivity contribution in [1.82, 2.24) is 14.8 Å². The zero-order valence-corrected chi connectivity index (χ0v) is 22.6. The number of aliphatic hydroxyl groups excluding tert-OH is 1. The van der Waals surface area contributed by atoms with Crippen LogP contribution in [0.3, 0.4) is 0 Å².